The van der Waals surface area contributed by atoms with Crippen molar-refractivity contribution in [3.8, 4) is 0 Å². The van der Waals surface area contributed by atoms with E-state index in [2.05, 4.69) is 15.0 Å². The third kappa shape index (κ3) is 6.82. The molecule has 116 valence electrons. The van der Waals surface area contributed by atoms with E-state index in [0.29, 0.717) is 17.4 Å². The highest BCUT2D eigenvalue weighted by Crippen LogP contribution is 2.15. The highest BCUT2D eigenvalue weighted by atomic mass is 32.1. The Balaban J connectivity index is 2.34. The van der Waals surface area contributed by atoms with E-state index in [9.17, 15) is 14.4 Å². The van der Waals surface area contributed by atoms with Crippen LogP contribution in [-0.2, 0) is 35.0 Å². The lowest BCUT2D eigenvalue weighted by atomic mass is 10.3. The number of ether oxygens (including phenoxy) is 3. The second kappa shape index (κ2) is 9.03. The van der Waals surface area contributed by atoms with E-state index >= 15 is 0 Å². The van der Waals surface area contributed by atoms with Crippen LogP contribution in [0.4, 0.5) is 5.13 Å². The molecular formula is C12H16N2O6S. The highest BCUT2D eigenvalue weighted by molar-refractivity contribution is 7.13. The summed E-state index contributed by atoms with van der Waals surface area (Å²) in [6.45, 7) is 1.53. The summed E-state index contributed by atoms with van der Waals surface area (Å²) in [6.07, 6.45) is 0.0339. The molecule has 0 fully saturated rings. The second-order valence-electron chi connectivity index (χ2n) is 3.74. The maximum absolute atomic E-state index is 11.5. The maximum Gasteiger partial charge on any atom is 0.332 e. The minimum Gasteiger partial charge on any atom is -0.469 e. The number of thiazole rings is 1. The summed E-state index contributed by atoms with van der Waals surface area (Å²) in [4.78, 5) is 37.7. The van der Waals surface area contributed by atoms with Gasteiger partial charge in [0.1, 0.15) is 6.61 Å². The van der Waals surface area contributed by atoms with Gasteiger partial charge < -0.3 is 14.2 Å². The fourth-order valence-corrected chi connectivity index (χ4v) is 1.92. The van der Waals surface area contributed by atoms with Crippen molar-refractivity contribution < 1.29 is 28.6 Å². The fraction of sp³-hybridized carbons (Fsp3) is 0.500. The zero-order valence-electron chi connectivity index (χ0n) is 11.7. The number of carbonyl (C=O) groups is 3. The molecule has 0 bridgehead atoms. The van der Waals surface area contributed by atoms with E-state index in [1.165, 1.54) is 7.11 Å². The Labute approximate surface area is 125 Å². The summed E-state index contributed by atoms with van der Waals surface area (Å²) in [5.41, 5.74) is 0.496. The lowest BCUT2D eigenvalue weighted by molar-refractivity contribution is -0.151. The van der Waals surface area contributed by atoms with Gasteiger partial charge in [-0.25, -0.2) is 9.78 Å². The third-order valence-corrected chi connectivity index (χ3v) is 2.95. The molecular weight excluding hydrogens is 300 g/mol. The Morgan fingerprint density at radius 2 is 2.05 bits per heavy atom. The SMILES string of the molecule is CCOCC(=O)OCC(=O)Nc1nc(CC(=O)OC)cs1. The van der Waals surface area contributed by atoms with Gasteiger partial charge in [0.05, 0.1) is 19.2 Å². The lowest BCUT2D eigenvalue weighted by Crippen LogP contribution is -2.22. The number of methoxy groups -OCH3 is 1. The Kier molecular flexibility index (Phi) is 7.33. The normalized spacial score (nSPS) is 10.0. The van der Waals surface area contributed by atoms with E-state index in [4.69, 9.17) is 9.47 Å². The van der Waals surface area contributed by atoms with Gasteiger partial charge >= 0.3 is 11.9 Å². The summed E-state index contributed by atoms with van der Waals surface area (Å²) in [6, 6.07) is 0. The number of nitrogens with one attached hydrogen (secondary N) is 1. The van der Waals surface area contributed by atoms with Crippen molar-refractivity contribution in [3.05, 3.63) is 11.1 Å². The first kappa shape index (κ1) is 17.1. The number of hydrogen-bond donors (Lipinski definition) is 1. The number of amides is 1. The number of hydrogen-bond acceptors (Lipinski definition) is 8. The average molecular weight is 316 g/mol. The molecule has 9 heteroatoms. The van der Waals surface area contributed by atoms with Crippen LogP contribution in [0, 0.1) is 0 Å². The van der Waals surface area contributed by atoms with Crippen LogP contribution in [0.5, 0.6) is 0 Å². The van der Waals surface area contributed by atoms with E-state index in [1.807, 2.05) is 0 Å². The molecule has 0 unspecified atom stereocenters. The fourth-order valence-electron chi connectivity index (χ4n) is 1.19. The minimum absolute atomic E-state index is 0.0339. The lowest BCUT2D eigenvalue weighted by Gasteiger charge is -2.04. The standard InChI is InChI=1S/C12H16N2O6S/c1-3-19-6-11(17)20-5-9(15)14-12-13-8(7-21-12)4-10(16)18-2/h7H,3-6H2,1-2H3,(H,13,14,15). The second-order valence-corrected chi connectivity index (χ2v) is 4.60. The molecule has 21 heavy (non-hydrogen) atoms. The smallest absolute Gasteiger partial charge is 0.332 e. The van der Waals surface area contributed by atoms with Crippen LogP contribution in [0.25, 0.3) is 0 Å². The first-order valence-electron chi connectivity index (χ1n) is 6.09. The number of nitrogens with zero attached hydrogens (tertiary/aromatic N) is 1. The summed E-state index contributed by atoms with van der Waals surface area (Å²) in [7, 11) is 1.29. The van der Waals surface area contributed by atoms with Crippen LogP contribution in [0.2, 0.25) is 0 Å². The minimum atomic E-state index is -0.613. The van der Waals surface area contributed by atoms with Crippen LogP contribution in [0.3, 0.4) is 0 Å². The van der Waals surface area contributed by atoms with Crippen molar-refractivity contribution in [2.24, 2.45) is 0 Å². The molecule has 0 saturated heterocycles. The first-order valence-corrected chi connectivity index (χ1v) is 6.97. The first-order chi connectivity index (χ1) is 10.0. The molecule has 1 heterocycles. The predicted molar refractivity (Wildman–Crippen MR) is 73.9 cm³/mol. The van der Waals surface area contributed by atoms with Gasteiger partial charge in [0.15, 0.2) is 11.7 Å². The van der Waals surface area contributed by atoms with Gasteiger partial charge in [-0.05, 0) is 6.92 Å². The number of anilines is 1. The number of esters is 2. The van der Waals surface area contributed by atoms with Gasteiger partial charge in [-0.2, -0.15) is 0 Å². The van der Waals surface area contributed by atoms with Crippen molar-refractivity contribution >= 4 is 34.3 Å². The summed E-state index contributed by atoms with van der Waals surface area (Å²) < 4.78 is 14.0. The molecule has 1 rings (SSSR count). The average Bonchev–Trinajstić information content (AvgIpc) is 2.89. The number of carbonyl (C=O) groups excluding carboxylic acids is 3. The zero-order valence-corrected chi connectivity index (χ0v) is 12.5. The molecule has 0 radical (unpaired) electrons. The van der Waals surface area contributed by atoms with Crippen LogP contribution < -0.4 is 5.32 Å². The summed E-state index contributed by atoms with van der Waals surface area (Å²) in [5, 5.41) is 4.42. The summed E-state index contributed by atoms with van der Waals surface area (Å²) >= 11 is 1.16. The van der Waals surface area contributed by atoms with Crippen molar-refractivity contribution in [3.63, 3.8) is 0 Å². The maximum atomic E-state index is 11.5. The third-order valence-electron chi connectivity index (χ3n) is 2.14. The highest BCUT2D eigenvalue weighted by Gasteiger charge is 2.11. The predicted octanol–water partition coefficient (Wildman–Crippen LogP) is 0.377. The Bertz CT molecular complexity index is 502. The van der Waals surface area contributed by atoms with Crippen molar-refractivity contribution in [1.82, 2.24) is 4.98 Å². The van der Waals surface area contributed by atoms with Gasteiger partial charge in [0.25, 0.3) is 5.91 Å². The Hall–Kier alpha value is -2.00. The van der Waals surface area contributed by atoms with Crippen LogP contribution in [0.1, 0.15) is 12.6 Å². The molecule has 0 aliphatic rings. The number of aromatic nitrogens is 1. The molecule has 0 aromatic carbocycles. The van der Waals surface area contributed by atoms with Crippen LogP contribution in [0.15, 0.2) is 5.38 Å². The molecule has 0 atom stereocenters. The van der Waals surface area contributed by atoms with Gasteiger partial charge in [-0.1, -0.05) is 0 Å². The molecule has 1 aromatic rings. The van der Waals surface area contributed by atoms with E-state index < -0.39 is 24.5 Å². The Morgan fingerprint density at radius 1 is 1.29 bits per heavy atom. The van der Waals surface area contributed by atoms with Gasteiger partial charge in [-0.3, -0.25) is 14.9 Å². The van der Waals surface area contributed by atoms with Crippen LogP contribution >= 0.6 is 11.3 Å². The van der Waals surface area contributed by atoms with Crippen LogP contribution in [-0.4, -0.2) is 49.8 Å². The molecule has 0 aliphatic heterocycles. The largest absolute Gasteiger partial charge is 0.469 e. The Morgan fingerprint density at radius 3 is 2.71 bits per heavy atom. The molecule has 0 saturated carbocycles. The van der Waals surface area contributed by atoms with Crippen molar-refractivity contribution in [2.45, 2.75) is 13.3 Å². The van der Waals surface area contributed by atoms with E-state index in [-0.39, 0.29) is 13.0 Å². The molecule has 0 aliphatic carbocycles. The van der Waals surface area contributed by atoms with Gasteiger partial charge in [0.2, 0.25) is 0 Å². The van der Waals surface area contributed by atoms with E-state index in [1.54, 1.807) is 12.3 Å². The van der Waals surface area contributed by atoms with Gasteiger partial charge in [0, 0.05) is 12.0 Å². The molecule has 1 aromatic heterocycles. The molecule has 1 amide bonds. The van der Waals surface area contributed by atoms with Crippen molar-refractivity contribution in [1.29, 1.82) is 0 Å². The monoisotopic (exact) mass is 316 g/mol. The molecule has 0 spiro atoms. The zero-order chi connectivity index (χ0) is 15.7. The van der Waals surface area contributed by atoms with Gasteiger partial charge in [-0.15, -0.1) is 11.3 Å². The van der Waals surface area contributed by atoms with Crippen molar-refractivity contribution in [2.75, 3.05) is 32.2 Å². The summed E-state index contributed by atoms with van der Waals surface area (Å²) in [5.74, 6) is -1.54. The quantitative estimate of drug-likeness (QED) is 0.691. The molecule has 8 nitrogen and oxygen atoms in total. The number of rotatable bonds is 8. The topological polar surface area (TPSA) is 104 Å². The molecule has 1 N–H and O–H groups in total. The van der Waals surface area contributed by atoms with E-state index in [0.717, 1.165) is 11.3 Å².